The third kappa shape index (κ3) is 3.26. The van der Waals surface area contributed by atoms with Gasteiger partial charge in [-0.3, -0.25) is 4.79 Å². The highest BCUT2D eigenvalue weighted by molar-refractivity contribution is 7.20. The summed E-state index contributed by atoms with van der Waals surface area (Å²) in [7, 11) is 0. The number of para-hydroxylation sites is 2. The van der Waals surface area contributed by atoms with Crippen LogP contribution >= 0.6 is 34.5 Å². The van der Waals surface area contributed by atoms with Crippen molar-refractivity contribution in [2.75, 3.05) is 5.32 Å². The van der Waals surface area contributed by atoms with E-state index in [0.29, 0.717) is 31.4 Å². The van der Waals surface area contributed by atoms with Crippen LogP contribution < -0.4 is 5.32 Å². The van der Waals surface area contributed by atoms with Gasteiger partial charge in [-0.2, -0.15) is 0 Å². The average molecular weight is 389 g/mol. The van der Waals surface area contributed by atoms with Gasteiger partial charge in [0.05, 0.1) is 9.90 Å². The normalized spacial score (nSPS) is 11.0. The van der Waals surface area contributed by atoms with E-state index in [0.717, 1.165) is 22.4 Å². The van der Waals surface area contributed by atoms with Crippen molar-refractivity contribution in [3.63, 3.8) is 0 Å². The van der Waals surface area contributed by atoms with Crippen molar-refractivity contribution in [3.05, 3.63) is 68.8 Å². The van der Waals surface area contributed by atoms with E-state index >= 15 is 0 Å². The smallest absolute Gasteiger partial charge is 0.258 e. The minimum atomic E-state index is -0.317. The molecule has 0 bridgehead atoms. The third-order valence-electron chi connectivity index (χ3n) is 3.56. The Kier molecular flexibility index (Phi) is 4.21. The SMILES string of the molecule is O=C(Nc1cccc(-c2nc3ccccc3o2)c1)c1cc(Cl)sc1Cl. The highest BCUT2D eigenvalue weighted by atomic mass is 35.5. The zero-order valence-electron chi connectivity index (χ0n) is 12.6. The first-order valence-electron chi connectivity index (χ1n) is 7.32. The predicted molar refractivity (Wildman–Crippen MR) is 102 cm³/mol. The first-order valence-corrected chi connectivity index (χ1v) is 8.89. The fourth-order valence-electron chi connectivity index (χ4n) is 2.42. The van der Waals surface area contributed by atoms with Crippen molar-refractivity contribution < 1.29 is 9.21 Å². The first-order chi connectivity index (χ1) is 12.1. The topological polar surface area (TPSA) is 55.1 Å². The lowest BCUT2D eigenvalue weighted by molar-refractivity contribution is 0.102. The van der Waals surface area contributed by atoms with Crippen molar-refractivity contribution in [1.82, 2.24) is 4.98 Å². The van der Waals surface area contributed by atoms with Crippen molar-refractivity contribution in [2.24, 2.45) is 0 Å². The molecule has 4 rings (SSSR count). The van der Waals surface area contributed by atoms with Gasteiger partial charge in [-0.15, -0.1) is 11.3 Å². The molecule has 0 fully saturated rings. The molecule has 124 valence electrons. The number of fused-ring (bicyclic) bond motifs is 1. The fourth-order valence-corrected chi connectivity index (χ4v) is 3.88. The fraction of sp³-hybridized carbons (Fsp3) is 0. The van der Waals surface area contributed by atoms with Crippen LogP contribution in [0.4, 0.5) is 5.69 Å². The molecule has 0 saturated carbocycles. The van der Waals surface area contributed by atoms with Crippen molar-refractivity contribution in [3.8, 4) is 11.5 Å². The number of anilines is 1. The molecule has 0 atom stereocenters. The van der Waals surface area contributed by atoms with Gasteiger partial charge in [-0.1, -0.05) is 41.4 Å². The van der Waals surface area contributed by atoms with Gasteiger partial charge in [0.25, 0.3) is 5.91 Å². The molecule has 1 N–H and O–H groups in total. The minimum absolute atomic E-state index is 0.317. The lowest BCUT2D eigenvalue weighted by Gasteiger charge is -2.05. The first kappa shape index (κ1) is 16.1. The van der Waals surface area contributed by atoms with E-state index in [9.17, 15) is 4.79 Å². The maximum atomic E-state index is 12.4. The zero-order valence-corrected chi connectivity index (χ0v) is 15.0. The molecule has 0 aliphatic rings. The predicted octanol–water partition coefficient (Wildman–Crippen LogP) is 6.12. The molecule has 2 aromatic heterocycles. The van der Waals surface area contributed by atoms with E-state index in [4.69, 9.17) is 27.6 Å². The van der Waals surface area contributed by atoms with Crippen LogP contribution in [0.2, 0.25) is 8.67 Å². The molecule has 0 spiro atoms. The summed E-state index contributed by atoms with van der Waals surface area (Å²) in [6.45, 7) is 0. The van der Waals surface area contributed by atoms with Gasteiger partial charge in [0.2, 0.25) is 5.89 Å². The number of carbonyl (C=O) groups is 1. The Bertz CT molecular complexity index is 1050. The summed E-state index contributed by atoms with van der Waals surface area (Å²) in [5, 5.41) is 2.81. The van der Waals surface area contributed by atoms with Gasteiger partial charge >= 0.3 is 0 Å². The molecule has 4 nitrogen and oxygen atoms in total. The number of hydrogen-bond acceptors (Lipinski definition) is 4. The number of benzene rings is 2. The number of nitrogens with zero attached hydrogens (tertiary/aromatic N) is 1. The summed E-state index contributed by atoms with van der Waals surface area (Å²) < 4.78 is 6.59. The maximum Gasteiger partial charge on any atom is 0.258 e. The van der Waals surface area contributed by atoms with Crippen LogP contribution in [-0.4, -0.2) is 10.9 Å². The monoisotopic (exact) mass is 388 g/mol. The number of carbonyl (C=O) groups excluding carboxylic acids is 1. The highest BCUT2D eigenvalue weighted by Crippen LogP contribution is 2.32. The van der Waals surface area contributed by atoms with Crippen LogP contribution in [0.3, 0.4) is 0 Å². The van der Waals surface area contributed by atoms with Crippen LogP contribution in [-0.2, 0) is 0 Å². The van der Waals surface area contributed by atoms with Gasteiger partial charge < -0.3 is 9.73 Å². The Hall–Kier alpha value is -2.34. The van der Waals surface area contributed by atoms with Crippen molar-refractivity contribution >= 4 is 57.2 Å². The molecule has 0 aliphatic carbocycles. The van der Waals surface area contributed by atoms with E-state index < -0.39 is 0 Å². The quantitative estimate of drug-likeness (QED) is 0.460. The number of aromatic nitrogens is 1. The van der Waals surface area contributed by atoms with Crippen molar-refractivity contribution in [2.45, 2.75) is 0 Å². The van der Waals surface area contributed by atoms with E-state index in [2.05, 4.69) is 10.3 Å². The van der Waals surface area contributed by atoms with E-state index in [-0.39, 0.29) is 5.91 Å². The Morgan fingerprint density at radius 2 is 1.92 bits per heavy atom. The van der Waals surface area contributed by atoms with Crippen molar-refractivity contribution in [1.29, 1.82) is 0 Å². The highest BCUT2D eigenvalue weighted by Gasteiger charge is 2.15. The van der Waals surface area contributed by atoms with Gasteiger partial charge in [-0.25, -0.2) is 4.98 Å². The average Bonchev–Trinajstić information content (AvgIpc) is 3.18. The van der Waals surface area contributed by atoms with E-state index in [1.54, 1.807) is 18.2 Å². The van der Waals surface area contributed by atoms with Gasteiger partial charge in [0.1, 0.15) is 9.85 Å². The number of oxazole rings is 1. The number of nitrogens with one attached hydrogen (secondary N) is 1. The summed E-state index contributed by atoms with van der Waals surface area (Å²) in [4.78, 5) is 16.8. The molecule has 2 heterocycles. The Morgan fingerprint density at radius 1 is 1.08 bits per heavy atom. The van der Waals surface area contributed by atoms with E-state index in [1.165, 1.54) is 0 Å². The largest absolute Gasteiger partial charge is 0.436 e. The van der Waals surface area contributed by atoms with Crippen LogP contribution in [0.25, 0.3) is 22.6 Å². The number of halogens is 2. The molecule has 0 unspecified atom stereocenters. The second kappa shape index (κ2) is 6.52. The molecule has 25 heavy (non-hydrogen) atoms. The molecule has 0 radical (unpaired) electrons. The summed E-state index contributed by atoms with van der Waals surface area (Å²) >= 11 is 13.1. The standard InChI is InChI=1S/C18H10Cl2N2O2S/c19-15-9-12(16(20)25-15)17(23)21-11-5-3-4-10(8-11)18-22-13-6-1-2-7-14(13)24-18/h1-9H,(H,21,23). The molecular formula is C18H10Cl2N2O2S. The number of amides is 1. The number of hydrogen-bond donors (Lipinski definition) is 1. The summed E-state index contributed by atoms with van der Waals surface area (Å²) in [6, 6.07) is 16.4. The lowest BCUT2D eigenvalue weighted by Crippen LogP contribution is -2.11. The molecule has 4 aromatic rings. The summed E-state index contributed by atoms with van der Waals surface area (Å²) in [5.74, 6) is 0.178. The van der Waals surface area contributed by atoms with Gasteiger partial charge in [0, 0.05) is 11.3 Å². The Labute approximate surface area is 157 Å². The zero-order chi connectivity index (χ0) is 17.4. The Morgan fingerprint density at radius 3 is 2.68 bits per heavy atom. The maximum absolute atomic E-state index is 12.4. The minimum Gasteiger partial charge on any atom is -0.436 e. The molecule has 2 aromatic carbocycles. The summed E-state index contributed by atoms with van der Waals surface area (Å²) in [6.07, 6.45) is 0. The van der Waals surface area contributed by atoms with Gasteiger partial charge in [-0.05, 0) is 36.4 Å². The molecule has 0 aliphatic heterocycles. The molecule has 1 amide bonds. The number of rotatable bonds is 3. The lowest BCUT2D eigenvalue weighted by atomic mass is 10.2. The summed E-state index contributed by atoms with van der Waals surface area (Å²) in [5.41, 5.74) is 3.23. The van der Waals surface area contributed by atoms with Crippen LogP contribution in [0.5, 0.6) is 0 Å². The Balaban J connectivity index is 1.63. The van der Waals surface area contributed by atoms with Crippen LogP contribution in [0.1, 0.15) is 10.4 Å². The van der Waals surface area contributed by atoms with E-state index in [1.807, 2.05) is 36.4 Å². The van der Waals surface area contributed by atoms with Gasteiger partial charge in [0.15, 0.2) is 5.58 Å². The molecule has 0 saturated heterocycles. The second-order valence-corrected chi connectivity index (χ2v) is 7.55. The second-order valence-electron chi connectivity index (χ2n) is 5.26. The number of thiophene rings is 1. The molecular weight excluding hydrogens is 379 g/mol. The molecule has 7 heteroatoms. The third-order valence-corrected chi connectivity index (χ3v) is 5.05. The van der Waals surface area contributed by atoms with Crippen LogP contribution in [0.15, 0.2) is 59.0 Å². The van der Waals surface area contributed by atoms with Crippen LogP contribution in [0, 0.1) is 0 Å².